The standard InChI is InChI=1S/C23H20ClF3N4O/c24-18-8-1-2-9-19(18)31-20(15-22(30-31)23(25,26)27)21(32)14-16(6-5-12-28)10-11-17-7-3-4-13-29-17/h1-4,7-9,13,15-16H,5-6,10-11,14H2. The molecule has 2 aromatic heterocycles. The van der Waals surface area contributed by atoms with Gasteiger partial charge in [-0.1, -0.05) is 29.8 Å². The number of ketones is 1. The number of hydrogen-bond donors (Lipinski definition) is 0. The van der Waals surface area contributed by atoms with Crippen LogP contribution in [0.4, 0.5) is 13.2 Å². The van der Waals surface area contributed by atoms with E-state index in [9.17, 15) is 18.0 Å². The molecular formula is C23H20ClF3N4O. The molecule has 5 nitrogen and oxygen atoms in total. The van der Waals surface area contributed by atoms with Crippen molar-refractivity contribution in [3.05, 3.63) is 76.8 Å². The molecule has 0 saturated heterocycles. The SMILES string of the molecule is N#CCCC(CCc1ccccn1)CC(=O)c1cc(C(F)(F)F)nn1-c1ccccc1Cl. The molecule has 0 saturated carbocycles. The Morgan fingerprint density at radius 1 is 1.16 bits per heavy atom. The van der Waals surface area contributed by atoms with Crippen LogP contribution in [0.2, 0.25) is 5.02 Å². The van der Waals surface area contributed by atoms with Crippen molar-refractivity contribution in [3.63, 3.8) is 0 Å². The van der Waals surface area contributed by atoms with Crippen molar-refractivity contribution in [3.8, 4) is 11.8 Å². The molecule has 0 fully saturated rings. The second kappa shape index (κ2) is 10.4. The summed E-state index contributed by atoms with van der Waals surface area (Å²) in [4.78, 5) is 17.4. The van der Waals surface area contributed by atoms with Crippen LogP contribution in [0.5, 0.6) is 0 Å². The third-order valence-corrected chi connectivity index (χ3v) is 5.36. The maximum atomic E-state index is 13.3. The van der Waals surface area contributed by atoms with Crippen LogP contribution >= 0.6 is 11.6 Å². The Balaban J connectivity index is 1.87. The Bertz CT molecular complexity index is 1110. The zero-order chi connectivity index (χ0) is 23.1. The summed E-state index contributed by atoms with van der Waals surface area (Å²) >= 11 is 6.15. The van der Waals surface area contributed by atoms with Crippen molar-refractivity contribution in [1.29, 1.82) is 5.26 Å². The van der Waals surface area contributed by atoms with Gasteiger partial charge in [0, 0.05) is 30.8 Å². The minimum atomic E-state index is -4.71. The average molecular weight is 461 g/mol. The third-order valence-electron chi connectivity index (χ3n) is 5.04. The van der Waals surface area contributed by atoms with Gasteiger partial charge in [0.25, 0.3) is 0 Å². The van der Waals surface area contributed by atoms with Crippen LogP contribution in [-0.2, 0) is 12.6 Å². The fourth-order valence-corrected chi connectivity index (χ4v) is 3.62. The first-order valence-electron chi connectivity index (χ1n) is 10.0. The van der Waals surface area contributed by atoms with E-state index in [1.54, 1.807) is 24.4 Å². The lowest BCUT2D eigenvalue weighted by Gasteiger charge is -2.15. The monoisotopic (exact) mass is 460 g/mol. The first kappa shape index (κ1) is 23.5. The maximum Gasteiger partial charge on any atom is 0.435 e. The molecule has 0 spiro atoms. The molecule has 32 heavy (non-hydrogen) atoms. The first-order chi connectivity index (χ1) is 15.3. The summed E-state index contributed by atoms with van der Waals surface area (Å²) in [7, 11) is 0. The van der Waals surface area contributed by atoms with Crippen molar-refractivity contribution in [2.75, 3.05) is 0 Å². The Hall–Kier alpha value is -3.18. The smallest absolute Gasteiger partial charge is 0.292 e. The fourth-order valence-electron chi connectivity index (χ4n) is 3.41. The lowest BCUT2D eigenvalue weighted by molar-refractivity contribution is -0.141. The number of benzene rings is 1. The molecule has 1 atom stereocenters. The Morgan fingerprint density at radius 2 is 1.91 bits per heavy atom. The molecule has 3 rings (SSSR count). The van der Waals surface area contributed by atoms with Crippen LogP contribution in [0, 0.1) is 17.2 Å². The molecule has 1 unspecified atom stereocenters. The molecule has 1 aromatic carbocycles. The molecular weight excluding hydrogens is 441 g/mol. The van der Waals surface area contributed by atoms with Crippen LogP contribution in [0.15, 0.2) is 54.7 Å². The molecule has 166 valence electrons. The summed E-state index contributed by atoms with van der Waals surface area (Å²) in [6.45, 7) is 0. The summed E-state index contributed by atoms with van der Waals surface area (Å²) in [5.74, 6) is -0.676. The molecule has 0 aliphatic rings. The van der Waals surface area contributed by atoms with Crippen LogP contribution in [0.3, 0.4) is 0 Å². The summed E-state index contributed by atoms with van der Waals surface area (Å²) in [6, 6.07) is 14.6. The quantitative estimate of drug-likeness (QED) is 0.363. The number of pyridine rings is 1. The van der Waals surface area contributed by atoms with Crippen molar-refractivity contribution in [2.45, 2.75) is 38.3 Å². The second-order valence-electron chi connectivity index (χ2n) is 7.33. The zero-order valence-corrected chi connectivity index (χ0v) is 17.8. The molecule has 0 bridgehead atoms. The van der Waals surface area contributed by atoms with Crippen molar-refractivity contribution < 1.29 is 18.0 Å². The Kier molecular flexibility index (Phi) is 7.65. The number of rotatable bonds is 9. The van der Waals surface area contributed by atoms with Gasteiger partial charge in [0.1, 0.15) is 5.69 Å². The highest BCUT2D eigenvalue weighted by molar-refractivity contribution is 6.32. The molecule has 9 heteroatoms. The van der Waals surface area contributed by atoms with Crippen LogP contribution in [0.1, 0.15) is 47.6 Å². The number of Topliss-reactive ketones (excluding diaryl/α,β-unsaturated/α-hetero) is 1. The highest BCUT2D eigenvalue weighted by Gasteiger charge is 2.36. The van der Waals surface area contributed by atoms with E-state index in [0.29, 0.717) is 19.3 Å². The number of aryl methyl sites for hydroxylation is 1. The predicted octanol–water partition coefficient (Wildman–Crippen LogP) is 6.07. The predicted molar refractivity (Wildman–Crippen MR) is 113 cm³/mol. The normalized spacial score (nSPS) is 12.3. The topological polar surface area (TPSA) is 71.6 Å². The van der Waals surface area contributed by atoms with Gasteiger partial charge in [-0.05, 0) is 49.4 Å². The van der Waals surface area contributed by atoms with E-state index in [0.717, 1.165) is 16.4 Å². The largest absolute Gasteiger partial charge is 0.435 e. The van der Waals surface area contributed by atoms with E-state index in [-0.39, 0.29) is 35.2 Å². The average Bonchev–Trinajstić information content (AvgIpc) is 3.22. The van der Waals surface area contributed by atoms with Crippen molar-refractivity contribution in [1.82, 2.24) is 14.8 Å². The fraction of sp³-hybridized carbons (Fsp3) is 0.304. The number of nitriles is 1. The van der Waals surface area contributed by atoms with Gasteiger partial charge in [-0.15, -0.1) is 0 Å². The van der Waals surface area contributed by atoms with E-state index in [1.165, 1.54) is 12.1 Å². The molecule has 0 aliphatic heterocycles. The Labute approximate surface area is 188 Å². The second-order valence-corrected chi connectivity index (χ2v) is 7.73. The lowest BCUT2D eigenvalue weighted by Crippen LogP contribution is -2.15. The minimum absolute atomic E-state index is 0.0119. The number of alkyl halides is 3. The number of carbonyl (C=O) groups excluding carboxylic acids is 1. The van der Waals surface area contributed by atoms with Crippen LogP contribution in [-0.4, -0.2) is 20.5 Å². The molecule has 0 N–H and O–H groups in total. The van der Waals surface area contributed by atoms with Gasteiger partial charge < -0.3 is 0 Å². The zero-order valence-electron chi connectivity index (χ0n) is 17.0. The number of carbonyl (C=O) groups is 1. The summed E-state index contributed by atoms with van der Waals surface area (Å²) in [6.07, 6.45) is -1.16. The van der Waals surface area contributed by atoms with Crippen molar-refractivity contribution in [2.24, 2.45) is 5.92 Å². The lowest BCUT2D eigenvalue weighted by atomic mass is 9.91. The van der Waals surface area contributed by atoms with Gasteiger partial charge in [0.15, 0.2) is 11.5 Å². The Morgan fingerprint density at radius 3 is 2.56 bits per heavy atom. The number of para-hydroxylation sites is 1. The van der Waals surface area contributed by atoms with Gasteiger partial charge in [0.05, 0.1) is 16.8 Å². The van der Waals surface area contributed by atoms with E-state index >= 15 is 0 Å². The number of nitrogens with zero attached hydrogens (tertiary/aromatic N) is 4. The molecule has 3 aromatic rings. The summed E-state index contributed by atoms with van der Waals surface area (Å²) in [5, 5.41) is 12.8. The highest BCUT2D eigenvalue weighted by Crippen LogP contribution is 2.32. The third kappa shape index (κ3) is 5.95. The van der Waals surface area contributed by atoms with Crippen molar-refractivity contribution >= 4 is 17.4 Å². The van der Waals surface area contributed by atoms with Gasteiger partial charge in [0.2, 0.25) is 0 Å². The van der Waals surface area contributed by atoms with Crippen LogP contribution in [0.25, 0.3) is 5.69 Å². The molecule has 0 amide bonds. The maximum absolute atomic E-state index is 13.3. The van der Waals surface area contributed by atoms with E-state index in [1.807, 2.05) is 12.1 Å². The van der Waals surface area contributed by atoms with Crippen LogP contribution < -0.4 is 0 Å². The number of halogens is 4. The van der Waals surface area contributed by atoms with E-state index < -0.39 is 17.7 Å². The van der Waals surface area contributed by atoms with E-state index in [2.05, 4.69) is 16.2 Å². The number of aromatic nitrogens is 3. The van der Waals surface area contributed by atoms with Gasteiger partial charge in [-0.25, -0.2) is 4.68 Å². The molecule has 0 radical (unpaired) electrons. The molecule has 0 aliphatic carbocycles. The number of hydrogen-bond acceptors (Lipinski definition) is 4. The van der Waals surface area contributed by atoms with E-state index in [4.69, 9.17) is 16.9 Å². The van der Waals surface area contributed by atoms with Gasteiger partial charge in [-0.3, -0.25) is 9.78 Å². The summed E-state index contributed by atoms with van der Waals surface area (Å²) in [5.41, 5.74) is -0.314. The highest BCUT2D eigenvalue weighted by atomic mass is 35.5. The molecule has 2 heterocycles. The van der Waals surface area contributed by atoms with Gasteiger partial charge >= 0.3 is 6.18 Å². The summed E-state index contributed by atoms with van der Waals surface area (Å²) < 4.78 is 41.0. The van der Waals surface area contributed by atoms with Gasteiger partial charge in [-0.2, -0.15) is 23.5 Å². The first-order valence-corrected chi connectivity index (χ1v) is 10.4. The minimum Gasteiger partial charge on any atom is -0.292 e.